The van der Waals surface area contributed by atoms with Gasteiger partial charge in [-0.1, -0.05) is 20.8 Å². The van der Waals surface area contributed by atoms with Gasteiger partial charge in [0.15, 0.2) is 6.19 Å². The van der Waals surface area contributed by atoms with Gasteiger partial charge in [-0.05, 0) is 0 Å². The fraction of sp³-hybridized carbons (Fsp3) is 0.467. The maximum absolute atomic E-state index is 8.35. The van der Waals surface area contributed by atoms with Crippen LogP contribution in [0.2, 0.25) is 0 Å². The molecule has 0 aromatic rings. The van der Waals surface area contributed by atoms with E-state index in [4.69, 9.17) is 5.26 Å². The van der Waals surface area contributed by atoms with Crippen LogP contribution in [-0.2, 0) is 32.7 Å². The Balaban J connectivity index is -0.000000211. The molecule has 0 amide bonds. The molecule has 0 aliphatic carbocycles. The Labute approximate surface area is 138 Å². The van der Waals surface area contributed by atoms with E-state index < -0.39 is 0 Å². The second-order valence-electron chi connectivity index (χ2n) is 3.02. The van der Waals surface area contributed by atoms with Gasteiger partial charge in [0.05, 0.1) is 0 Å². The van der Waals surface area contributed by atoms with Crippen LogP contribution in [0.3, 0.4) is 0 Å². The van der Waals surface area contributed by atoms with Crippen molar-refractivity contribution in [1.82, 2.24) is 4.90 Å². The van der Waals surface area contributed by atoms with Crippen molar-refractivity contribution in [2.45, 2.75) is 33.6 Å². The Morgan fingerprint density at radius 2 is 1.89 bits per heavy atom. The molecule has 0 N–H and O–H groups in total. The van der Waals surface area contributed by atoms with Gasteiger partial charge in [0.1, 0.15) is 0 Å². The summed E-state index contributed by atoms with van der Waals surface area (Å²) in [5.41, 5.74) is 0. The molecule has 1 aliphatic heterocycles. The molecule has 0 spiro atoms. The van der Waals surface area contributed by atoms with Gasteiger partial charge in [0.25, 0.3) is 0 Å². The summed E-state index contributed by atoms with van der Waals surface area (Å²) in [5.74, 6) is 0. The van der Waals surface area contributed by atoms with Crippen molar-refractivity contribution in [1.29, 1.82) is 5.26 Å². The molecule has 18 heavy (non-hydrogen) atoms. The molecule has 0 saturated carbocycles. The molecule has 3 heteroatoms. The topological polar surface area (TPSA) is 27.0 Å². The Morgan fingerprint density at radius 1 is 1.33 bits per heavy atom. The van der Waals surface area contributed by atoms with Gasteiger partial charge in [-0.15, -0.1) is 6.08 Å². The van der Waals surface area contributed by atoms with Gasteiger partial charge >= 0.3 is 0 Å². The Morgan fingerprint density at radius 3 is 2.22 bits per heavy atom. The second-order valence-corrected chi connectivity index (χ2v) is 3.02. The Bertz CT molecular complexity index is 246. The molecule has 0 unspecified atom stereocenters. The molecule has 1 aliphatic rings. The average Bonchev–Trinajstić information content (AvgIpc) is 2.43. The molecular weight excluding hydrogens is 297 g/mol. The molecule has 0 atom stereocenters. The summed E-state index contributed by atoms with van der Waals surface area (Å²) in [7, 11) is 0. The summed E-state index contributed by atoms with van der Waals surface area (Å²) in [4.78, 5) is 1.79. The largest absolute Gasteiger partial charge is 0.325 e. The molecule has 0 aromatic heterocycles. The van der Waals surface area contributed by atoms with Gasteiger partial charge in [0.2, 0.25) is 0 Å². The summed E-state index contributed by atoms with van der Waals surface area (Å²) in [6.07, 6.45) is 16.6. The molecule has 1 heterocycles. The fourth-order valence-corrected chi connectivity index (χ4v) is 1.07. The monoisotopic (exact) mass is 321 g/mol. The van der Waals surface area contributed by atoms with Crippen molar-refractivity contribution < 1.29 is 32.7 Å². The number of allylic oxidation sites excluding steroid dienone is 5. The van der Waals surface area contributed by atoms with E-state index in [0.29, 0.717) is 0 Å². The molecule has 1 radical (unpaired) electrons. The van der Waals surface area contributed by atoms with Crippen molar-refractivity contribution in [3.8, 4) is 6.19 Å². The number of piperidine rings is 1. The van der Waals surface area contributed by atoms with Crippen LogP contribution < -0.4 is 0 Å². The number of hydrogen-bond acceptors (Lipinski definition) is 2. The molecule has 0 bridgehead atoms. The summed E-state index contributed by atoms with van der Waals surface area (Å²) >= 11 is 0. The average molecular weight is 321 g/mol. The SMILES string of the molecule is C=C[C-]=C/C=C\C.CC.N#CN1CC[CH-]CC1.[Y]. The third-order valence-corrected chi connectivity index (χ3v) is 1.85. The van der Waals surface area contributed by atoms with Crippen LogP contribution in [0.4, 0.5) is 0 Å². The zero-order valence-electron chi connectivity index (χ0n) is 11.9. The van der Waals surface area contributed by atoms with E-state index in [9.17, 15) is 0 Å². The Kier molecular flexibility index (Phi) is 27.6. The summed E-state index contributed by atoms with van der Waals surface area (Å²) < 4.78 is 0. The van der Waals surface area contributed by atoms with Crippen molar-refractivity contribution in [2.75, 3.05) is 13.1 Å². The van der Waals surface area contributed by atoms with Crippen LogP contribution in [0.5, 0.6) is 0 Å². The fourth-order valence-electron chi connectivity index (χ4n) is 1.07. The van der Waals surface area contributed by atoms with E-state index >= 15 is 0 Å². The zero-order chi connectivity index (χ0) is 13.4. The van der Waals surface area contributed by atoms with Crippen molar-refractivity contribution in [3.05, 3.63) is 43.4 Å². The second kappa shape index (κ2) is 21.9. The molecule has 0 aromatic carbocycles. The number of hydrogen-bond donors (Lipinski definition) is 0. The number of likely N-dealkylation sites (tertiary alicyclic amines) is 1. The van der Waals surface area contributed by atoms with E-state index in [1.165, 1.54) is 0 Å². The van der Waals surface area contributed by atoms with E-state index in [0.717, 1.165) is 25.9 Å². The number of nitrogens with zero attached hydrogens (tertiary/aromatic N) is 2. The quantitative estimate of drug-likeness (QED) is 0.438. The predicted octanol–water partition coefficient (Wildman–Crippen LogP) is 3.90. The predicted molar refractivity (Wildman–Crippen MR) is 74.9 cm³/mol. The van der Waals surface area contributed by atoms with Crippen molar-refractivity contribution in [3.63, 3.8) is 0 Å². The maximum Gasteiger partial charge on any atom is 0.179 e. The van der Waals surface area contributed by atoms with Crippen molar-refractivity contribution in [2.24, 2.45) is 0 Å². The first-order chi connectivity index (χ1) is 8.35. The van der Waals surface area contributed by atoms with Gasteiger partial charge in [0, 0.05) is 45.8 Å². The van der Waals surface area contributed by atoms with Crippen LogP contribution >= 0.6 is 0 Å². The normalized spacial score (nSPS) is 13.6. The first-order valence-electron chi connectivity index (χ1n) is 6.13. The van der Waals surface area contributed by atoms with Gasteiger partial charge in [-0.2, -0.15) is 49.0 Å². The van der Waals surface area contributed by atoms with Gasteiger partial charge < -0.3 is 11.3 Å². The molecule has 2 nitrogen and oxygen atoms in total. The minimum absolute atomic E-state index is 0. The summed E-state index contributed by atoms with van der Waals surface area (Å²) in [5, 5.41) is 8.35. The minimum atomic E-state index is 0. The van der Waals surface area contributed by atoms with Crippen LogP contribution in [0, 0.1) is 24.0 Å². The van der Waals surface area contributed by atoms with Crippen LogP contribution in [0.15, 0.2) is 30.9 Å². The first kappa shape index (κ1) is 22.8. The number of rotatable bonds is 2. The molecule has 1 rings (SSSR count). The van der Waals surface area contributed by atoms with Crippen LogP contribution in [0.25, 0.3) is 0 Å². The van der Waals surface area contributed by atoms with Crippen LogP contribution in [0.1, 0.15) is 33.6 Å². The van der Waals surface area contributed by atoms with E-state index in [-0.39, 0.29) is 32.7 Å². The molecule has 99 valence electrons. The maximum atomic E-state index is 8.35. The third-order valence-electron chi connectivity index (χ3n) is 1.85. The minimum Gasteiger partial charge on any atom is -0.325 e. The smallest absolute Gasteiger partial charge is 0.179 e. The zero-order valence-corrected chi connectivity index (χ0v) is 14.7. The molecule has 1 saturated heterocycles. The van der Waals surface area contributed by atoms with E-state index in [2.05, 4.69) is 25.3 Å². The third kappa shape index (κ3) is 18.0. The summed E-state index contributed by atoms with van der Waals surface area (Å²) in [6.45, 7) is 11.3. The van der Waals surface area contributed by atoms with Crippen LogP contribution in [-0.4, -0.2) is 18.0 Å². The van der Waals surface area contributed by atoms with Crippen molar-refractivity contribution >= 4 is 0 Å². The molecular formula is C15H24N2Y-2. The van der Waals surface area contributed by atoms with E-state index in [1.807, 2.05) is 39.0 Å². The molecule has 1 fully saturated rings. The summed E-state index contributed by atoms with van der Waals surface area (Å²) in [6, 6.07) is 0. The van der Waals surface area contributed by atoms with E-state index in [1.54, 1.807) is 11.0 Å². The van der Waals surface area contributed by atoms with Gasteiger partial charge in [-0.3, -0.25) is 0 Å². The first-order valence-corrected chi connectivity index (χ1v) is 6.13. The standard InChI is InChI=1S/C7H9.C6H9N2.C2H6.Y/c1-3-5-7-6-4-2;7-6-8-4-2-1-3-5-8;1-2;/h3-4,6-7H,1H2,2H3;1H,2-5H2;1-2H3;/q2*-1;;/b6-4-;;;. The number of nitriles is 1. The van der Waals surface area contributed by atoms with Gasteiger partial charge in [-0.25, -0.2) is 0 Å². The Hall–Kier alpha value is -0.386.